The fourth-order valence-corrected chi connectivity index (χ4v) is 1.50. The van der Waals surface area contributed by atoms with Crippen molar-refractivity contribution in [3.05, 3.63) is 47.3 Å². The summed E-state index contributed by atoms with van der Waals surface area (Å²) < 4.78 is 5.50. The van der Waals surface area contributed by atoms with Gasteiger partial charge in [0, 0.05) is 17.0 Å². The molecule has 0 atom stereocenters. The van der Waals surface area contributed by atoms with Crippen LogP contribution in [0, 0.1) is 13.8 Å². The lowest BCUT2D eigenvalue weighted by Gasteiger charge is -2.05. The second-order valence-electron chi connectivity index (χ2n) is 3.73. The number of carbonyl (C=O) groups is 1. The minimum atomic E-state index is 0.297. The zero-order valence-electron chi connectivity index (χ0n) is 9.68. The number of aldehydes is 1. The molecule has 0 radical (unpaired) electrons. The van der Waals surface area contributed by atoms with Crippen LogP contribution >= 0.6 is 0 Å². The Morgan fingerprint density at radius 2 is 1.82 bits per heavy atom. The van der Waals surface area contributed by atoms with Crippen LogP contribution in [0.2, 0.25) is 0 Å². The van der Waals surface area contributed by atoms with Gasteiger partial charge in [0.25, 0.3) is 0 Å². The Hall–Kier alpha value is -2.23. The molecule has 0 bridgehead atoms. The number of ether oxygens (including phenoxy) is 1. The summed E-state index contributed by atoms with van der Waals surface area (Å²) in [5.74, 6) is 0.555. The van der Waals surface area contributed by atoms with E-state index in [1.807, 2.05) is 19.9 Å². The average Bonchev–Trinajstić information content (AvgIpc) is 2.28. The number of aryl methyl sites for hydroxylation is 2. The van der Waals surface area contributed by atoms with E-state index in [0.29, 0.717) is 17.3 Å². The van der Waals surface area contributed by atoms with Crippen molar-refractivity contribution in [1.82, 2.24) is 9.97 Å². The zero-order chi connectivity index (χ0) is 12.3. The van der Waals surface area contributed by atoms with Gasteiger partial charge in [-0.3, -0.25) is 4.79 Å². The Labute approximate surface area is 99.3 Å². The summed E-state index contributed by atoms with van der Waals surface area (Å²) >= 11 is 0. The molecule has 4 nitrogen and oxygen atoms in total. The van der Waals surface area contributed by atoms with Gasteiger partial charge in [0.05, 0.1) is 0 Å². The van der Waals surface area contributed by atoms with Crippen LogP contribution in [0.1, 0.15) is 21.7 Å². The molecule has 1 aromatic heterocycles. The standard InChI is InChI=1S/C13H12N2O2/c1-9-6-10(2)15-13(14-9)17-12-5-3-4-11(7-12)8-16/h3-8H,1-2H3. The van der Waals surface area contributed by atoms with Crippen LogP contribution in [-0.2, 0) is 0 Å². The van der Waals surface area contributed by atoms with Crippen LogP contribution < -0.4 is 4.74 Å². The first kappa shape index (κ1) is 11.3. The predicted octanol–water partition coefficient (Wildman–Crippen LogP) is 2.70. The second kappa shape index (κ2) is 4.74. The van der Waals surface area contributed by atoms with E-state index < -0.39 is 0 Å². The summed E-state index contributed by atoms with van der Waals surface area (Å²) in [7, 11) is 0. The minimum Gasteiger partial charge on any atom is -0.424 e. The monoisotopic (exact) mass is 228 g/mol. The second-order valence-corrected chi connectivity index (χ2v) is 3.73. The number of carbonyl (C=O) groups excluding carboxylic acids is 1. The number of nitrogens with zero attached hydrogens (tertiary/aromatic N) is 2. The van der Waals surface area contributed by atoms with E-state index in [2.05, 4.69) is 9.97 Å². The molecule has 1 heterocycles. The normalized spacial score (nSPS) is 10.0. The van der Waals surface area contributed by atoms with Gasteiger partial charge in [-0.25, -0.2) is 9.97 Å². The molecule has 0 aliphatic heterocycles. The van der Waals surface area contributed by atoms with Gasteiger partial charge < -0.3 is 4.74 Å². The lowest BCUT2D eigenvalue weighted by Crippen LogP contribution is -1.96. The van der Waals surface area contributed by atoms with Gasteiger partial charge in [0.15, 0.2) is 0 Å². The molecule has 0 spiro atoms. The molecular weight excluding hydrogens is 216 g/mol. The lowest BCUT2D eigenvalue weighted by atomic mass is 10.2. The molecule has 0 amide bonds. The van der Waals surface area contributed by atoms with E-state index in [0.717, 1.165) is 17.7 Å². The molecule has 86 valence electrons. The van der Waals surface area contributed by atoms with Crippen LogP contribution in [0.4, 0.5) is 0 Å². The highest BCUT2D eigenvalue weighted by Crippen LogP contribution is 2.18. The van der Waals surface area contributed by atoms with Crippen molar-refractivity contribution in [1.29, 1.82) is 0 Å². The molecule has 2 rings (SSSR count). The van der Waals surface area contributed by atoms with Gasteiger partial charge in [-0.15, -0.1) is 0 Å². The summed E-state index contributed by atoms with van der Waals surface area (Å²) in [6.45, 7) is 3.76. The Kier molecular flexibility index (Phi) is 3.14. The van der Waals surface area contributed by atoms with Gasteiger partial charge in [-0.2, -0.15) is 0 Å². The topological polar surface area (TPSA) is 52.1 Å². The van der Waals surface area contributed by atoms with Gasteiger partial charge in [0.2, 0.25) is 0 Å². The van der Waals surface area contributed by atoms with E-state index >= 15 is 0 Å². The maximum atomic E-state index is 10.6. The molecule has 0 unspecified atom stereocenters. The van der Waals surface area contributed by atoms with E-state index in [1.54, 1.807) is 24.3 Å². The third-order valence-corrected chi connectivity index (χ3v) is 2.17. The third kappa shape index (κ3) is 2.87. The van der Waals surface area contributed by atoms with Crippen LogP contribution in [0.5, 0.6) is 11.8 Å². The fraction of sp³-hybridized carbons (Fsp3) is 0.154. The molecule has 0 fully saturated rings. The molecule has 0 aliphatic rings. The van der Waals surface area contributed by atoms with Crippen LogP contribution in [0.25, 0.3) is 0 Å². The average molecular weight is 228 g/mol. The smallest absolute Gasteiger partial charge is 0.322 e. The van der Waals surface area contributed by atoms with Gasteiger partial charge >= 0.3 is 6.01 Å². The van der Waals surface area contributed by atoms with Crippen molar-refractivity contribution in [3.63, 3.8) is 0 Å². The van der Waals surface area contributed by atoms with Crippen LogP contribution in [0.15, 0.2) is 30.3 Å². The van der Waals surface area contributed by atoms with Gasteiger partial charge in [-0.1, -0.05) is 12.1 Å². The van der Waals surface area contributed by atoms with Gasteiger partial charge in [0.1, 0.15) is 12.0 Å². The van der Waals surface area contributed by atoms with E-state index in [-0.39, 0.29) is 0 Å². The fourth-order valence-electron chi connectivity index (χ4n) is 1.50. The number of benzene rings is 1. The van der Waals surface area contributed by atoms with Crippen LogP contribution in [-0.4, -0.2) is 16.3 Å². The Balaban J connectivity index is 2.27. The zero-order valence-corrected chi connectivity index (χ0v) is 9.68. The van der Waals surface area contributed by atoms with Crippen molar-refractivity contribution >= 4 is 6.29 Å². The molecule has 17 heavy (non-hydrogen) atoms. The summed E-state index contributed by atoms with van der Waals surface area (Å²) in [6.07, 6.45) is 0.773. The van der Waals surface area contributed by atoms with Crippen molar-refractivity contribution in [2.75, 3.05) is 0 Å². The van der Waals surface area contributed by atoms with Crippen LogP contribution in [0.3, 0.4) is 0 Å². The highest BCUT2D eigenvalue weighted by molar-refractivity contribution is 5.75. The molecule has 0 saturated carbocycles. The van der Waals surface area contributed by atoms with Gasteiger partial charge in [-0.05, 0) is 32.0 Å². The Morgan fingerprint density at radius 3 is 2.47 bits per heavy atom. The third-order valence-electron chi connectivity index (χ3n) is 2.17. The maximum Gasteiger partial charge on any atom is 0.322 e. The highest BCUT2D eigenvalue weighted by Gasteiger charge is 2.03. The Bertz CT molecular complexity index is 533. The molecule has 0 aliphatic carbocycles. The number of hydrogen-bond acceptors (Lipinski definition) is 4. The molecule has 2 aromatic rings. The number of rotatable bonds is 3. The first-order chi connectivity index (χ1) is 8.17. The van der Waals surface area contributed by atoms with E-state index in [4.69, 9.17) is 4.74 Å². The van der Waals surface area contributed by atoms with Crippen molar-refractivity contribution in [3.8, 4) is 11.8 Å². The maximum absolute atomic E-state index is 10.6. The quantitative estimate of drug-likeness (QED) is 0.758. The first-order valence-electron chi connectivity index (χ1n) is 5.23. The van der Waals surface area contributed by atoms with Crippen molar-refractivity contribution in [2.24, 2.45) is 0 Å². The first-order valence-corrected chi connectivity index (χ1v) is 5.23. The lowest BCUT2D eigenvalue weighted by molar-refractivity contribution is 0.112. The summed E-state index contributed by atoms with van der Waals surface area (Å²) in [5.41, 5.74) is 2.25. The Morgan fingerprint density at radius 1 is 1.12 bits per heavy atom. The largest absolute Gasteiger partial charge is 0.424 e. The van der Waals surface area contributed by atoms with Crippen molar-refractivity contribution in [2.45, 2.75) is 13.8 Å². The molecule has 0 N–H and O–H groups in total. The number of aromatic nitrogens is 2. The predicted molar refractivity (Wildman–Crippen MR) is 63.4 cm³/mol. The number of hydrogen-bond donors (Lipinski definition) is 0. The SMILES string of the molecule is Cc1cc(C)nc(Oc2cccc(C=O)c2)n1. The molecular formula is C13H12N2O2. The molecule has 0 saturated heterocycles. The van der Waals surface area contributed by atoms with Crippen molar-refractivity contribution < 1.29 is 9.53 Å². The minimum absolute atomic E-state index is 0.297. The summed E-state index contributed by atoms with van der Waals surface area (Å²) in [6, 6.07) is 9.03. The summed E-state index contributed by atoms with van der Waals surface area (Å²) in [4.78, 5) is 19.0. The molecule has 4 heteroatoms. The molecule has 1 aromatic carbocycles. The van der Waals surface area contributed by atoms with E-state index in [9.17, 15) is 4.79 Å². The highest BCUT2D eigenvalue weighted by atomic mass is 16.5. The summed E-state index contributed by atoms with van der Waals surface area (Å²) in [5, 5.41) is 0. The van der Waals surface area contributed by atoms with E-state index in [1.165, 1.54) is 0 Å².